The Labute approximate surface area is 83.4 Å². The predicted molar refractivity (Wildman–Crippen MR) is 42.8 cm³/mol. The lowest BCUT2D eigenvalue weighted by Crippen LogP contribution is -2.18. The van der Waals surface area contributed by atoms with Gasteiger partial charge in [0.05, 0.1) is 13.2 Å². The van der Waals surface area contributed by atoms with Crippen molar-refractivity contribution in [3.05, 3.63) is 11.8 Å². The minimum absolute atomic E-state index is 0.108. The van der Waals surface area contributed by atoms with Gasteiger partial charge in [0.2, 0.25) is 11.8 Å². The quantitative estimate of drug-likeness (QED) is 0.744. The number of ether oxygens (including phenoxy) is 1. The van der Waals surface area contributed by atoms with Gasteiger partial charge in [-0.3, -0.25) is 0 Å². The number of nitrogens with two attached hydrogens (primary N) is 1. The Balaban J connectivity index is 2.20. The Kier molecular flexibility index (Phi) is 4.04. The molecule has 0 radical (unpaired) electrons. The van der Waals surface area contributed by atoms with E-state index in [0.29, 0.717) is 0 Å². The fourth-order valence-electron chi connectivity index (χ4n) is 0.819. The van der Waals surface area contributed by atoms with E-state index in [1.807, 2.05) is 0 Å². The molecule has 0 aliphatic heterocycles. The zero-order chi connectivity index (χ0) is 11.3. The van der Waals surface area contributed by atoms with Gasteiger partial charge in [0.25, 0.3) is 0 Å². The van der Waals surface area contributed by atoms with E-state index in [1.165, 1.54) is 0 Å². The standard InChI is InChI=1S/C7H10F3N3O2/c8-7(9,10)4-14-2-1-5-12-13-6(3-11)15-5/h1-4,11H2. The van der Waals surface area contributed by atoms with Gasteiger partial charge in [-0.15, -0.1) is 10.2 Å². The Morgan fingerprint density at radius 2 is 1.93 bits per heavy atom. The van der Waals surface area contributed by atoms with Gasteiger partial charge in [-0.1, -0.05) is 0 Å². The highest BCUT2D eigenvalue weighted by atomic mass is 19.4. The van der Waals surface area contributed by atoms with Gasteiger partial charge in [0.15, 0.2) is 0 Å². The highest BCUT2D eigenvalue weighted by Crippen LogP contribution is 2.14. The van der Waals surface area contributed by atoms with Crippen molar-refractivity contribution in [1.82, 2.24) is 10.2 Å². The molecule has 86 valence electrons. The van der Waals surface area contributed by atoms with Crippen LogP contribution in [0.3, 0.4) is 0 Å². The van der Waals surface area contributed by atoms with E-state index >= 15 is 0 Å². The van der Waals surface area contributed by atoms with Gasteiger partial charge < -0.3 is 14.9 Å². The van der Waals surface area contributed by atoms with E-state index in [9.17, 15) is 13.2 Å². The maximum atomic E-state index is 11.6. The monoisotopic (exact) mass is 225 g/mol. The summed E-state index contributed by atoms with van der Waals surface area (Å²) in [5.74, 6) is 0.471. The molecule has 0 aromatic carbocycles. The first-order chi connectivity index (χ1) is 7.01. The molecule has 0 aliphatic carbocycles. The first-order valence-electron chi connectivity index (χ1n) is 4.17. The lowest BCUT2D eigenvalue weighted by Gasteiger charge is -2.05. The highest BCUT2D eigenvalue weighted by Gasteiger charge is 2.27. The van der Waals surface area contributed by atoms with Crippen LogP contribution < -0.4 is 5.73 Å². The fourth-order valence-corrected chi connectivity index (χ4v) is 0.819. The molecule has 1 aromatic heterocycles. The lowest BCUT2D eigenvalue weighted by molar-refractivity contribution is -0.173. The van der Waals surface area contributed by atoms with Crippen molar-refractivity contribution < 1.29 is 22.3 Å². The average Bonchev–Trinajstić information content (AvgIpc) is 2.59. The van der Waals surface area contributed by atoms with E-state index in [4.69, 9.17) is 10.2 Å². The maximum absolute atomic E-state index is 11.6. The molecule has 2 N–H and O–H groups in total. The van der Waals surface area contributed by atoms with Crippen LogP contribution in [0.15, 0.2) is 4.42 Å². The summed E-state index contributed by atoms with van der Waals surface area (Å²) in [6.07, 6.45) is -4.17. The van der Waals surface area contributed by atoms with Crippen LogP contribution in [-0.2, 0) is 17.7 Å². The summed E-state index contributed by atoms with van der Waals surface area (Å²) < 4.78 is 44.3. The van der Waals surface area contributed by atoms with Crippen molar-refractivity contribution in [3.8, 4) is 0 Å². The van der Waals surface area contributed by atoms with E-state index in [2.05, 4.69) is 14.9 Å². The number of alkyl halides is 3. The molecule has 0 saturated carbocycles. The van der Waals surface area contributed by atoms with Gasteiger partial charge >= 0.3 is 6.18 Å². The minimum Gasteiger partial charge on any atom is -0.424 e. The minimum atomic E-state index is -4.31. The molecule has 0 spiro atoms. The Morgan fingerprint density at radius 3 is 2.47 bits per heavy atom. The Morgan fingerprint density at radius 1 is 1.27 bits per heavy atom. The third-order valence-corrected chi connectivity index (χ3v) is 1.41. The van der Waals surface area contributed by atoms with Crippen LogP contribution in [0.1, 0.15) is 11.8 Å². The molecule has 0 aliphatic rings. The van der Waals surface area contributed by atoms with Crippen LogP contribution in [0.4, 0.5) is 13.2 Å². The second kappa shape index (κ2) is 5.08. The molecule has 15 heavy (non-hydrogen) atoms. The highest BCUT2D eigenvalue weighted by molar-refractivity contribution is 4.80. The molecule has 0 fully saturated rings. The topological polar surface area (TPSA) is 74.2 Å². The molecule has 1 aromatic rings. The van der Waals surface area contributed by atoms with Gasteiger partial charge in [0.1, 0.15) is 6.61 Å². The fraction of sp³-hybridized carbons (Fsp3) is 0.714. The predicted octanol–water partition coefficient (Wildman–Crippen LogP) is 0.650. The smallest absolute Gasteiger partial charge is 0.411 e. The second-order valence-electron chi connectivity index (χ2n) is 2.71. The van der Waals surface area contributed by atoms with Crippen molar-refractivity contribution >= 4 is 0 Å². The van der Waals surface area contributed by atoms with Gasteiger partial charge in [-0.25, -0.2) is 0 Å². The first kappa shape index (κ1) is 11.9. The molecule has 0 bridgehead atoms. The van der Waals surface area contributed by atoms with Gasteiger partial charge in [-0.05, 0) is 0 Å². The summed E-state index contributed by atoms with van der Waals surface area (Å²) in [6, 6.07) is 0. The van der Waals surface area contributed by atoms with Crippen LogP contribution in [0.2, 0.25) is 0 Å². The summed E-state index contributed by atoms with van der Waals surface area (Å²) in [7, 11) is 0. The lowest BCUT2D eigenvalue weighted by atomic mass is 10.4. The number of halogens is 3. The molecule has 0 atom stereocenters. The third-order valence-electron chi connectivity index (χ3n) is 1.41. The third kappa shape index (κ3) is 4.75. The summed E-state index contributed by atoms with van der Waals surface area (Å²) in [5, 5.41) is 7.11. The summed E-state index contributed by atoms with van der Waals surface area (Å²) in [4.78, 5) is 0. The van der Waals surface area contributed by atoms with Crippen molar-refractivity contribution in [2.24, 2.45) is 5.73 Å². The van der Waals surface area contributed by atoms with E-state index in [1.54, 1.807) is 0 Å². The van der Waals surface area contributed by atoms with E-state index in [-0.39, 0.29) is 31.4 Å². The molecule has 0 amide bonds. The van der Waals surface area contributed by atoms with Crippen LogP contribution in [0, 0.1) is 0 Å². The van der Waals surface area contributed by atoms with Crippen molar-refractivity contribution in [3.63, 3.8) is 0 Å². The first-order valence-corrected chi connectivity index (χ1v) is 4.17. The van der Waals surface area contributed by atoms with Crippen LogP contribution in [-0.4, -0.2) is 29.6 Å². The van der Waals surface area contributed by atoms with E-state index < -0.39 is 12.8 Å². The second-order valence-corrected chi connectivity index (χ2v) is 2.71. The number of hydrogen-bond donors (Lipinski definition) is 1. The van der Waals surface area contributed by atoms with Gasteiger partial charge in [-0.2, -0.15) is 13.2 Å². The summed E-state index contributed by atoms with van der Waals surface area (Å²) in [5.41, 5.74) is 5.20. The van der Waals surface area contributed by atoms with Crippen molar-refractivity contribution in [1.29, 1.82) is 0 Å². The molecular formula is C7H10F3N3O2. The number of nitrogens with zero attached hydrogens (tertiary/aromatic N) is 2. The maximum Gasteiger partial charge on any atom is 0.411 e. The van der Waals surface area contributed by atoms with Crippen LogP contribution >= 0.6 is 0 Å². The van der Waals surface area contributed by atoms with Gasteiger partial charge in [0, 0.05) is 6.42 Å². The SMILES string of the molecule is NCc1nnc(CCOCC(F)(F)F)o1. The zero-order valence-corrected chi connectivity index (χ0v) is 7.75. The molecule has 1 rings (SSSR count). The molecule has 0 unspecified atom stereocenters. The number of aromatic nitrogens is 2. The molecule has 8 heteroatoms. The van der Waals surface area contributed by atoms with Crippen molar-refractivity contribution in [2.75, 3.05) is 13.2 Å². The molecule has 1 heterocycles. The normalized spacial score (nSPS) is 12.0. The molecule has 0 saturated heterocycles. The largest absolute Gasteiger partial charge is 0.424 e. The average molecular weight is 225 g/mol. The van der Waals surface area contributed by atoms with E-state index in [0.717, 1.165) is 0 Å². The molecular weight excluding hydrogens is 215 g/mol. The molecule has 5 nitrogen and oxygen atoms in total. The number of hydrogen-bond acceptors (Lipinski definition) is 5. The Hall–Kier alpha value is -1.15. The zero-order valence-electron chi connectivity index (χ0n) is 7.75. The number of rotatable bonds is 5. The Bertz CT molecular complexity index is 300. The summed E-state index contributed by atoms with van der Waals surface area (Å²) >= 11 is 0. The van der Waals surface area contributed by atoms with Crippen LogP contribution in [0.5, 0.6) is 0 Å². The van der Waals surface area contributed by atoms with Crippen molar-refractivity contribution in [2.45, 2.75) is 19.1 Å². The summed E-state index contributed by atoms with van der Waals surface area (Å²) in [6.45, 7) is -1.28. The van der Waals surface area contributed by atoms with Crippen LogP contribution in [0.25, 0.3) is 0 Å².